The molecule has 124 valence electrons. The van der Waals surface area contributed by atoms with Gasteiger partial charge in [0.2, 0.25) is 5.91 Å². The number of benzene rings is 2. The number of hydrogen-bond acceptors (Lipinski definition) is 3. The summed E-state index contributed by atoms with van der Waals surface area (Å²) >= 11 is 12.8. The Kier molecular flexibility index (Phi) is 3.81. The molecule has 2 aliphatic rings. The van der Waals surface area contributed by atoms with Crippen molar-refractivity contribution in [3.8, 4) is 0 Å². The highest BCUT2D eigenvalue weighted by atomic mass is 35.5. The quantitative estimate of drug-likeness (QED) is 0.837. The number of anilines is 1. The molecule has 0 spiro atoms. The van der Waals surface area contributed by atoms with Crippen LogP contribution in [0.3, 0.4) is 0 Å². The fourth-order valence-corrected chi connectivity index (χ4v) is 4.02. The normalized spacial score (nSPS) is 26.5. The molecule has 2 atom stereocenters. The molecule has 0 aromatic heterocycles. The summed E-state index contributed by atoms with van der Waals surface area (Å²) in [6.07, 6.45) is 0. The minimum absolute atomic E-state index is 0.0666. The summed E-state index contributed by atoms with van der Waals surface area (Å²) in [7, 11) is 0. The molecule has 1 N–H and O–H groups in total. The zero-order valence-electron chi connectivity index (χ0n) is 13.1. The van der Waals surface area contributed by atoms with Gasteiger partial charge in [0.05, 0.1) is 13.2 Å². The van der Waals surface area contributed by atoms with Crippen molar-refractivity contribution in [1.82, 2.24) is 4.90 Å². The average molecular weight is 363 g/mol. The molecular weight excluding hydrogens is 347 g/mol. The number of rotatable bonds is 1. The summed E-state index contributed by atoms with van der Waals surface area (Å²) in [5.41, 5.74) is 1.38. The third-order valence-electron chi connectivity index (χ3n) is 4.64. The lowest BCUT2D eigenvalue weighted by Gasteiger charge is -2.38. The number of carbonyl (C=O) groups excluding carboxylic acids is 1. The number of nitrogens with zero attached hydrogens (tertiary/aromatic N) is 1. The molecule has 0 radical (unpaired) electrons. The lowest BCUT2D eigenvalue weighted by Crippen LogP contribution is -2.47. The Labute approximate surface area is 150 Å². The van der Waals surface area contributed by atoms with Crippen LogP contribution in [-0.2, 0) is 15.3 Å². The molecule has 6 heteroatoms. The van der Waals surface area contributed by atoms with Gasteiger partial charge in [0.1, 0.15) is 0 Å². The number of amides is 1. The molecule has 4 nitrogen and oxygen atoms in total. The third kappa shape index (κ3) is 2.25. The Morgan fingerprint density at radius 1 is 1.21 bits per heavy atom. The Bertz CT molecular complexity index is 826. The lowest BCUT2D eigenvalue weighted by atomic mass is 9.91. The first-order valence-corrected chi connectivity index (χ1v) is 8.53. The Morgan fingerprint density at radius 3 is 2.79 bits per heavy atom. The van der Waals surface area contributed by atoms with Crippen molar-refractivity contribution in [3.05, 3.63) is 63.6 Å². The molecule has 0 aliphatic carbocycles. The zero-order chi connectivity index (χ0) is 16.9. The summed E-state index contributed by atoms with van der Waals surface area (Å²) in [4.78, 5) is 14.5. The van der Waals surface area contributed by atoms with Crippen LogP contribution in [0.2, 0.25) is 10.0 Å². The number of fused-ring (bicyclic) bond motifs is 3. The number of carbonyl (C=O) groups is 1. The molecule has 0 saturated carbocycles. The van der Waals surface area contributed by atoms with Crippen LogP contribution in [0.4, 0.5) is 5.69 Å². The first kappa shape index (κ1) is 15.9. The minimum Gasteiger partial charge on any atom is -0.350 e. The highest BCUT2D eigenvalue weighted by molar-refractivity contribution is 6.31. The van der Waals surface area contributed by atoms with E-state index in [0.717, 1.165) is 11.1 Å². The van der Waals surface area contributed by atoms with Gasteiger partial charge in [-0.15, -0.1) is 0 Å². The van der Waals surface area contributed by atoms with Gasteiger partial charge in [-0.25, -0.2) is 0 Å². The van der Waals surface area contributed by atoms with Crippen molar-refractivity contribution in [3.63, 3.8) is 0 Å². The largest absolute Gasteiger partial charge is 0.350 e. The second-order valence-electron chi connectivity index (χ2n) is 6.15. The van der Waals surface area contributed by atoms with Crippen LogP contribution < -0.4 is 5.32 Å². The second kappa shape index (κ2) is 5.74. The fraction of sp³-hybridized carbons (Fsp3) is 0.278. The summed E-state index contributed by atoms with van der Waals surface area (Å²) in [5.74, 6) is -0.0788. The molecule has 24 heavy (non-hydrogen) atoms. The standard InChI is InChI=1S/C18H16Cl2N2O2/c1-11-10-24-18(13-4-2-3-5-15(13)20)14-8-12(19)6-7-16(14)21-17(23)9-22(11)18/h2-8,11H,9-10H2,1H3,(H,21,23)/t11-,18+/m1/s1. The van der Waals surface area contributed by atoms with Gasteiger partial charge in [-0.1, -0.05) is 41.4 Å². The van der Waals surface area contributed by atoms with Crippen LogP contribution in [0, 0.1) is 0 Å². The van der Waals surface area contributed by atoms with Gasteiger partial charge in [0.25, 0.3) is 0 Å². The molecule has 0 unspecified atom stereocenters. The molecular formula is C18H16Cl2N2O2. The van der Waals surface area contributed by atoms with Crippen LogP contribution >= 0.6 is 23.2 Å². The monoisotopic (exact) mass is 362 g/mol. The van der Waals surface area contributed by atoms with Crippen LogP contribution in [0.1, 0.15) is 18.1 Å². The molecule has 0 bridgehead atoms. The van der Waals surface area contributed by atoms with Gasteiger partial charge in [-0.05, 0) is 31.2 Å². The van der Waals surface area contributed by atoms with Crippen LogP contribution in [0.5, 0.6) is 0 Å². The Hall–Kier alpha value is -1.59. The van der Waals surface area contributed by atoms with E-state index in [2.05, 4.69) is 5.32 Å². The summed E-state index contributed by atoms with van der Waals surface area (Å²) in [5, 5.41) is 4.13. The molecule has 1 saturated heterocycles. The smallest absolute Gasteiger partial charge is 0.238 e. The second-order valence-corrected chi connectivity index (χ2v) is 6.99. The van der Waals surface area contributed by atoms with Crippen LogP contribution in [0.15, 0.2) is 42.5 Å². The van der Waals surface area contributed by atoms with Crippen molar-refractivity contribution in [1.29, 1.82) is 0 Å². The highest BCUT2D eigenvalue weighted by Gasteiger charge is 2.53. The maximum Gasteiger partial charge on any atom is 0.238 e. The molecule has 2 aromatic carbocycles. The van der Waals surface area contributed by atoms with Gasteiger partial charge in [0.15, 0.2) is 5.72 Å². The fourth-order valence-electron chi connectivity index (χ4n) is 3.59. The van der Waals surface area contributed by atoms with Crippen LogP contribution in [-0.4, -0.2) is 30.0 Å². The lowest BCUT2D eigenvalue weighted by molar-refractivity contribution is -0.121. The van der Waals surface area contributed by atoms with E-state index in [1.807, 2.05) is 48.2 Å². The van der Waals surface area contributed by atoms with E-state index in [0.29, 0.717) is 22.3 Å². The SMILES string of the molecule is C[C@@H]1CO[C@@]2(c3ccccc3Cl)c3cc(Cl)ccc3NC(=O)CN12. The minimum atomic E-state index is -0.933. The van der Waals surface area contributed by atoms with Crippen molar-refractivity contribution in [2.45, 2.75) is 18.7 Å². The van der Waals surface area contributed by atoms with Crippen molar-refractivity contribution in [2.24, 2.45) is 0 Å². The van der Waals surface area contributed by atoms with Gasteiger partial charge in [-0.3, -0.25) is 9.69 Å². The van der Waals surface area contributed by atoms with Crippen molar-refractivity contribution >= 4 is 34.8 Å². The van der Waals surface area contributed by atoms with E-state index in [1.165, 1.54) is 0 Å². The van der Waals surface area contributed by atoms with Crippen molar-refractivity contribution < 1.29 is 9.53 Å². The number of ether oxygens (including phenoxy) is 1. The Balaban J connectivity index is 2.06. The van der Waals surface area contributed by atoms with E-state index in [9.17, 15) is 4.79 Å². The molecule has 2 heterocycles. The van der Waals surface area contributed by atoms with E-state index in [-0.39, 0.29) is 18.5 Å². The molecule has 1 amide bonds. The number of nitrogens with one attached hydrogen (secondary N) is 1. The first-order chi connectivity index (χ1) is 11.5. The predicted octanol–water partition coefficient (Wildman–Crippen LogP) is 3.87. The third-order valence-corrected chi connectivity index (χ3v) is 5.21. The first-order valence-electron chi connectivity index (χ1n) is 7.78. The number of hydrogen-bond donors (Lipinski definition) is 1. The predicted molar refractivity (Wildman–Crippen MR) is 94.4 cm³/mol. The molecule has 4 rings (SSSR count). The number of halogens is 2. The van der Waals surface area contributed by atoms with Gasteiger partial charge in [0, 0.05) is 32.9 Å². The van der Waals surface area contributed by atoms with E-state index in [4.69, 9.17) is 27.9 Å². The Morgan fingerprint density at radius 2 is 2.00 bits per heavy atom. The van der Waals surface area contributed by atoms with Gasteiger partial charge < -0.3 is 10.1 Å². The molecule has 2 aromatic rings. The summed E-state index contributed by atoms with van der Waals surface area (Å²) in [6, 6.07) is 13.1. The highest BCUT2D eigenvalue weighted by Crippen LogP contribution is 2.49. The topological polar surface area (TPSA) is 41.6 Å². The van der Waals surface area contributed by atoms with Gasteiger partial charge in [-0.2, -0.15) is 0 Å². The van der Waals surface area contributed by atoms with E-state index < -0.39 is 5.72 Å². The van der Waals surface area contributed by atoms with E-state index in [1.54, 1.807) is 6.07 Å². The zero-order valence-corrected chi connectivity index (χ0v) is 14.6. The summed E-state index contributed by atoms with van der Waals surface area (Å²) in [6.45, 7) is 2.77. The summed E-state index contributed by atoms with van der Waals surface area (Å²) < 4.78 is 6.32. The molecule has 1 fully saturated rings. The van der Waals surface area contributed by atoms with E-state index >= 15 is 0 Å². The van der Waals surface area contributed by atoms with Gasteiger partial charge >= 0.3 is 0 Å². The van der Waals surface area contributed by atoms with Crippen LogP contribution in [0.25, 0.3) is 0 Å². The maximum absolute atomic E-state index is 12.4. The van der Waals surface area contributed by atoms with Crippen molar-refractivity contribution in [2.75, 3.05) is 18.5 Å². The maximum atomic E-state index is 12.4. The average Bonchev–Trinajstić information content (AvgIpc) is 2.81. The molecule has 2 aliphatic heterocycles.